The number of nitrogens with one attached hydrogen (secondary N) is 3. The van der Waals surface area contributed by atoms with Gasteiger partial charge < -0.3 is 20.1 Å². The Hall–Kier alpha value is -4.24. The Morgan fingerprint density at radius 3 is 2.69 bits per heavy atom. The Labute approximate surface area is 227 Å². The van der Waals surface area contributed by atoms with E-state index in [0.717, 1.165) is 82.1 Å². The number of piperazine rings is 1. The highest BCUT2D eigenvalue weighted by Crippen LogP contribution is 2.35. The van der Waals surface area contributed by atoms with E-state index in [1.54, 1.807) is 0 Å². The van der Waals surface area contributed by atoms with Crippen molar-refractivity contribution in [2.75, 3.05) is 43.4 Å². The summed E-state index contributed by atoms with van der Waals surface area (Å²) in [5.41, 5.74) is 8.58. The van der Waals surface area contributed by atoms with Gasteiger partial charge in [0.15, 0.2) is 0 Å². The van der Waals surface area contributed by atoms with Crippen LogP contribution in [-0.4, -0.2) is 68.3 Å². The molecule has 6 heterocycles. The topological polar surface area (TPSA) is 102 Å². The number of pyridine rings is 3. The first-order valence-corrected chi connectivity index (χ1v) is 13.8. The highest BCUT2D eigenvalue weighted by atomic mass is 15.2. The van der Waals surface area contributed by atoms with Gasteiger partial charge in [0.1, 0.15) is 11.3 Å². The van der Waals surface area contributed by atoms with Gasteiger partial charge in [0, 0.05) is 66.3 Å². The van der Waals surface area contributed by atoms with Gasteiger partial charge in [-0.15, -0.1) is 0 Å². The number of allylic oxidation sites excluding steroid dienone is 1. The molecule has 1 saturated carbocycles. The van der Waals surface area contributed by atoms with E-state index in [4.69, 9.17) is 4.98 Å². The highest BCUT2D eigenvalue weighted by molar-refractivity contribution is 5.99. The van der Waals surface area contributed by atoms with Crippen LogP contribution >= 0.6 is 0 Å². The fourth-order valence-electron chi connectivity index (χ4n) is 5.95. The Morgan fingerprint density at radius 2 is 1.85 bits per heavy atom. The minimum atomic E-state index is 0.541. The normalized spacial score (nSPS) is 16.9. The van der Waals surface area contributed by atoms with E-state index < -0.39 is 0 Å². The molecule has 5 aromatic rings. The van der Waals surface area contributed by atoms with Crippen LogP contribution in [0.15, 0.2) is 61.3 Å². The van der Waals surface area contributed by atoms with Crippen molar-refractivity contribution in [2.45, 2.75) is 25.7 Å². The molecule has 2 fully saturated rings. The average molecular weight is 520 g/mol. The van der Waals surface area contributed by atoms with Gasteiger partial charge >= 0.3 is 0 Å². The summed E-state index contributed by atoms with van der Waals surface area (Å²) in [5.74, 6) is 0.541. The zero-order valence-corrected chi connectivity index (χ0v) is 22.2. The third-order valence-electron chi connectivity index (χ3n) is 8.24. The number of fused-ring (bicyclic) bond motifs is 2. The van der Waals surface area contributed by atoms with Crippen molar-refractivity contribution < 1.29 is 0 Å². The second kappa shape index (κ2) is 9.81. The van der Waals surface area contributed by atoms with Crippen LogP contribution in [0.2, 0.25) is 0 Å². The quantitative estimate of drug-likeness (QED) is 0.275. The predicted octanol–water partition coefficient (Wildman–Crippen LogP) is 5.43. The SMILES string of the molecule is C=C(Nc1cncc(-c2cc3c(-c4cc5c(N6CCN(C)CC6)ccnc5[nH]4)n[nH]c3cn2)c1)C1CCCC1. The molecule has 0 unspecified atom stereocenters. The van der Waals surface area contributed by atoms with Crippen LogP contribution in [0.3, 0.4) is 0 Å². The van der Waals surface area contributed by atoms with Gasteiger partial charge in [-0.2, -0.15) is 5.10 Å². The van der Waals surface area contributed by atoms with Crippen molar-refractivity contribution >= 4 is 33.3 Å². The van der Waals surface area contributed by atoms with E-state index in [1.165, 1.54) is 31.4 Å². The first kappa shape index (κ1) is 23.8. The monoisotopic (exact) mass is 519 g/mol. The molecule has 0 spiro atoms. The van der Waals surface area contributed by atoms with Crippen molar-refractivity contribution in [3.63, 3.8) is 0 Å². The average Bonchev–Trinajstić information content (AvgIpc) is 3.73. The summed E-state index contributed by atoms with van der Waals surface area (Å²) in [4.78, 5) is 22.1. The number of rotatable bonds is 6. The fourth-order valence-corrected chi connectivity index (χ4v) is 5.95. The second-order valence-electron chi connectivity index (χ2n) is 10.8. The summed E-state index contributed by atoms with van der Waals surface area (Å²) in [6.07, 6.45) is 12.4. The minimum Gasteiger partial charge on any atom is -0.368 e. The number of nitrogens with zero attached hydrogens (tertiary/aromatic N) is 6. The molecule has 0 atom stereocenters. The molecule has 9 nitrogen and oxygen atoms in total. The van der Waals surface area contributed by atoms with Crippen LogP contribution in [-0.2, 0) is 0 Å². The van der Waals surface area contributed by atoms with Crippen LogP contribution in [0.5, 0.6) is 0 Å². The molecule has 0 aromatic carbocycles. The molecule has 198 valence electrons. The lowest BCUT2D eigenvalue weighted by Crippen LogP contribution is -2.44. The lowest BCUT2D eigenvalue weighted by Gasteiger charge is -2.34. The number of hydrogen-bond acceptors (Lipinski definition) is 7. The first-order chi connectivity index (χ1) is 19.1. The molecular formula is C30H33N9. The number of aromatic nitrogens is 6. The molecule has 3 N–H and O–H groups in total. The number of H-pyrrole nitrogens is 2. The maximum Gasteiger partial charge on any atom is 0.139 e. The number of hydrogen-bond donors (Lipinski definition) is 3. The zero-order chi connectivity index (χ0) is 26.3. The molecule has 0 radical (unpaired) electrons. The molecular weight excluding hydrogens is 486 g/mol. The number of aromatic amines is 2. The van der Waals surface area contributed by atoms with Gasteiger partial charge in [-0.05, 0) is 50.1 Å². The summed E-state index contributed by atoms with van der Waals surface area (Å²) in [7, 11) is 2.18. The Bertz CT molecular complexity index is 1650. The molecule has 1 aliphatic carbocycles. The number of anilines is 2. The van der Waals surface area contributed by atoms with E-state index in [0.29, 0.717) is 5.92 Å². The molecule has 39 heavy (non-hydrogen) atoms. The fraction of sp³-hybridized carbons (Fsp3) is 0.333. The summed E-state index contributed by atoms with van der Waals surface area (Å²) in [6, 6.07) is 8.47. The smallest absolute Gasteiger partial charge is 0.139 e. The second-order valence-corrected chi connectivity index (χ2v) is 10.8. The van der Waals surface area contributed by atoms with Crippen molar-refractivity contribution in [3.8, 4) is 22.6 Å². The van der Waals surface area contributed by atoms with Crippen LogP contribution in [0.1, 0.15) is 25.7 Å². The molecule has 0 bridgehead atoms. The van der Waals surface area contributed by atoms with Gasteiger partial charge in [-0.1, -0.05) is 19.4 Å². The molecule has 7 rings (SSSR count). The van der Waals surface area contributed by atoms with Crippen molar-refractivity contribution in [1.29, 1.82) is 0 Å². The summed E-state index contributed by atoms with van der Waals surface area (Å²) >= 11 is 0. The molecule has 1 aliphatic heterocycles. The lowest BCUT2D eigenvalue weighted by atomic mass is 10.0. The van der Waals surface area contributed by atoms with E-state index in [1.807, 2.05) is 24.8 Å². The van der Waals surface area contributed by atoms with E-state index in [2.05, 4.69) is 78.2 Å². The van der Waals surface area contributed by atoms with Crippen LogP contribution in [0.25, 0.3) is 44.6 Å². The van der Waals surface area contributed by atoms with Gasteiger partial charge in [0.2, 0.25) is 0 Å². The summed E-state index contributed by atoms with van der Waals surface area (Å²) in [5, 5.41) is 13.4. The van der Waals surface area contributed by atoms with Gasteiger partial charge in [-0.3, -0.25) is 15.1 Å². The predicted molar refractivity (Wildman–Crippen MR) is 157 cm³/mol. The summed E-state index contributed by atoms with van der Waals surface area (Å²) in [6.45, 7) is 8.42. The third kappa shape index (κ3) is 4.52. The van der Waals surface area contributed by atoms with Crippen LogP contribution < -0.4 is 10.2 Å². The highest BCUT2D eigenvalue weighted by Gasteiger charge is 2.20. The maximum absolute atomic E-state index is 4.71. The summed E-state index contributed by atoms with van der Waals surface area (Å²) < 4.78 is 0. The number of likely N-dealkylation sites (N-methyl/N-ethyl adjacent to an activating group) is 1. The van der Waals surface area contributed by atoms with Gasteiger partial charge in [0.05, 0.1) is 35.0 Å². The van der Waals surface area contributed by atoms with Crippen molar-refractivity contribution in [3.05, 3.63) is 61.3 Å². The molecule has 9 heteroatoms. The van der Waals surface area contributed by atoms with E-state index in [9.17, 15) is 0 Å². The van der Waals surface area contributed by atoms with Gasteiger partial charge in [-0.25, -0.2) is 4.98 Å². The standard InChI is InChI=1S/C30H33N9/c1-19(20-5-3-4-6-20)34-22-13-21(16-31-17-22)25-14-23-27(18-33-25)36-37-29(23)26-15-24-28(7-8-32-30(24)35-26)39-11-9-38(2)10-12-39/h7-8,13-18,20,34H,1,3-6,9-12H2,2H3,(H,32,35)(H,36,37). The zero-order valence-electron chi connectivity index (χ0n) is 22.2. The molecule has 1 saturated heterocycles. The minimum absolute atomic E-state index is 0.541. The van der Waals surface area contributed by atoms with Gasteiger partial charge in [0.25, 0.3) is 0 Å². The van der Waals surface area contributed by atoms with E-state index >= 15 is 0 Å². The maximum atomic E-state index is 4.71. The first-order valence-electron chi connectivity index (χ1n) is 13.8. The van der Waals surface area contributed by atoms with Crippen molar-refractivity contribution in [1.82, 2.24) is 35.0 Å². The van der Waals surface area contributed by atoms with Crippen LogP contribution in [0, 0.1) is 5.92 Å². The van der Waals surface area contributed by atoms with E-state index in [-0.39, 0.29) is 0 Å². The third-order valence-corrected chi connectivity index (χ3v) is 8.24. The molecule has 5 aromatic heterocycles. The van der Waals surface area contributed by atoms with Crippen LogP contribution in [0.4, 0.5) is 11.4 Å². The molecule has 0 amide bonds. The Balaban J connectivity index is 1.21. The Morgan fingerprint density at radius 1 is 1.00 bits per heavy atom. The van der Waals surface area contributed by atoms with Crippen molar-refractivity contribution in [2.24, 2.45) is 5.92 Å². The Kier molecular flexibility index (Phi) is 6.00. The largest absolute Gasteiger partial charge is 0.368 e. The molecule has 2 aliphatic rings. The lowest BCUT2D eigenvalue weighted by molar-refractivity contribution is 0.313.